The second-order valence-corrected chi connectivity index (χ2v) is 7.81. The van der Waals surface area contributed by atoms with Gasteiger partial charge >= 0.3 is 0 Å². The molecule has 1 atom stereocenters. The molecule has 0 amide bonds. The topological polar surface area (TPSA) is 67.8 Å². The minimum absolute atomic E-state index is 0.197. The second-order valence-electron chi connectivity index (χ2n) is 7.42. The van der Waals surface area contributed by atoms with Crippen molar-refractivity contribution in [2.45, 2.75) is 45.8 Å². The molecule has 162 valence electrons. The Hall–Kier alpha value is -2.31. The van der Waals surface area contributed by atoms with Gasteiger partial charge in [0, 0.05) is 31.5 Å². The average Bonchev–Trinajstić information content (AvgIpc) is 3.26. The fourth-order valence-electron chi connectivity index (χ4n) is 3.27. The van der Waals surface area contributed by atoms with Gasteiger partial charge in [0.05, 0.1) is 12.6 Å². The number of pyridine rings is 1. The third-order valence-corrected chi connectivity index (χ3v) is 5.14. The Kier molecular flexibility index (Phi) is 8.78. The summed E-state index contributed by atoms with van der Waals surface area (Å²) in [7, 11) is 0. The maximum atomic E-state index is 6.09. The number of ether oxygens (including phenoxy) is 2. The first kappa shape index (κ1) is 22.4. The first-order chi connectivity index (χ1) is 14.6. The normalized spacial score (nSPS) is 16.5. The van der Waals surface area contributed by atoms with Gasteiger partial charge in [0.1, 0.15) is 17.5 Å². The van der Waals surface area contributed by atoms with Crippen molar-refractivity contribution in [3.05, 3.63) is 58.4 Å². The van der Waals surface area contributed by atoms with E-state index in [0.717, 1.165) is 61.8 Å². The summed E-state index contributed by atoms with van der Waals surface area (Å²) in [5.41, 5.74) is 3.37. The number of rotatable bonds is 9. The number of halogens is 1. The van der Waals surface area contributed by atoms with Crippen LogP contribution in [-0.2, 0) is 17.7 Å². The van der Waals surface area contributed by atoms with Crippen LogP contribution in [0.5, 0.6) is 5.75 Å². The van der Waals surface area contributed by atoms with Gasteiger partial charge in [-0.3, -0.25) is 0 Å². The highest BCUT2D eigenvalue weighted by Gasteiger charge is 2.17. The number of nitrogens with one attached hydrogen (secondary N) is 2. The smallest absolute Gasteiger partial charge is 0.191 e. The van der Waals surface area contributed by atoms with Gasteiger partial charge in [-0.1, -0.05) is 29.8 Å². The molecule has 2 aromatic rings. The SMILES string of the molecule is CCNC(=NCc1ccc(C)cc1OCC1CCCO1)NCCc1ccc(Cl)nc1. The molecule has 1 aromatic heterocycles. The largest absolute Gasteiger partial charge is 0.491 e. The number of guanidine groups is 1. The fraction of sp³-hybridized carbons (Fsp3) is 0.478. The summed E-state index contributed by atoms with van der Waals surface area (Å²) in [6, 6.07) is 10.1. The predicted octanol–water partition coefficient (Wildman–Crippen LogP) is 3.90. The van der Waals surface area contributed by atoms with Crippen LogP contribution >= 0.6 is 11.6 Å². The molecule has 2 heterocycles. The zero-order valence-electron chi connectivity index (χ0n) is 17.8. The van der Waals surface area contributed by atoms with Crippen molar-refractivity contribution in [1.29, 1.82) is 0 Å². The molecule has 1 unspecified atom stereocenters. The molecule has 7 heteroatoms. The van der Waals surface area contributed by atoms with Crippen LogP contribution in [-0.4, -0.2) is 43.4 Å². The second kappa shape index (κ2) is 11.8. The van der Waals surface area contributed by atoms with Crippen LogP contribution in [0.1, 0.15) is 36.5 Å². The Morgan fingerprint density at radius 2 is 2.20 bits per heavy atom. The third-order valence-electron chi connectivity index (χ3n) is 4.92. The number of nitrogens with zero attached hydrogens (tertiary/aromatic N) is 2. The molecule has 0 radical (unpaired) electrons. The van der Waals surface area contributed by atoms with E-state index in [1.54, 1.807) is 6.20 Å². The van der Waals surface area contributed by atoms with Crippen molar-refractivity contribution in [2.75, 3.05) is 26.3 Å². The Bertz CT molecular complexity index is 820. The zero-order valence-corrected chi connectivity index (χ0v) is 18.5. The predicted molar refractivity (Wildman–Crippen MR) is 121 cm³/mol. The lowest BCUT2D eigenvalue weighted by Gasteiger charge is -2.15. The van der Waals surface area contributed by atoms with Crippen molar-refractivity contribution in [2.24, 2.45) is 4.99 Å². The summed E-state index contributed by atoms with van der Waals surface area (Å²) in [6.07, 6.45) is 5.02. The molecule has 0 saturated carbocycles. The van der Waals surface area contributed by atoms with Gasteiger partial charge in [-0.05, 0) is 56.4 Å². The minimum Gasteiger partial charge on any atom is -0.491 e. The van der Waals surface area contributed by atoms with Crippen LogP contribution in [0, 0.1) is 6.92 Å². The first-order valence-corrected chi connectivity index (χ1v) is 11.0. The van der Waals surface area contributed by atoms with Gasteiger partial charge in [-0.2, -0.15) is 0 Å². The molecular weight excluding hydrogens is 400 g/mol. The molecule has 0 bridgehead atoms. The van der Waals surface area contributed by atoms with Gasteiger partial charge < -0.3 is 20.1 Å². The maximum Gasteiger partial charge on any atom is 0.191 e. The molecule has 1 aromatic carbocycles. The average molecular weight is 431 g/mol. The molecule has 1 saturated heterocycles. The van der Waals surface area contributed by atoms with Crippen molar-refractivity contribution in [3.8, 4) is 5.75 Å². The number of aliphatic imine (C=N–C) groups is 1. The van der Waals surface area contributed by atoms with Crippen LogP contribution in [0.15, 0.2) is 41.5 Å². The van der Waals surface area contributed by atoms with E-state index in [4.69, 9.17) is 26.1 Å². The number of aromatic nitrogens is 1. The van der Waals surface area contributed by atoms with E-state index in [1.807, 2.05) is 12.1 Å². The molecule has 1 aliphatic rings. The van der Waals surface area contributed by atoms with E-state index in [9.17, 15) is 0 Å². The number of benzene rings is 1. The van der Waals surface area contributed by atoms with Crippen LogP contribution < -0.4 is 15.4 Å². The van der Waals surface area contributed by atoms with E-state index in [2.05, 4.69) is 47.7 Å². The Balaban J connectivity index is 1.58. The molecule has 1 aliphatic heterocycles. The lowest BCUT2D eigenvalue weighted by atomic mass is 10.1. The van der Waals surface area contributed by atoms with Crippen molar-refractivity contribution in [3.63, 3.8) is 0 Å². The molecule has 30 heavy (non-hydrogen) atoms. The minimum atomic E-state index is 0.197. The highest BCUT2D eigenvalue weighted by Crippen LogP contribution is 2.23. The van der Waals surface area contributed by atoms with Gasteiger partial charge in [0.15, 0.2) is 5.96 Å². The Morgan fingerprint density at radius 1 is 1.30 bits per heavy atom. The summed E-state index contributed by atoms with van der Waals surface area (Å²) in [5.74, 6) is 1.67. The van der Waals surface area contributed by atoms with Gasteiger partial charge in [-0.25, -0.2) is 9.98 Å². The van der Waals surface area contributed by atoms with Crippen LogP contribution in [0.2, 0.25) is 5.15 Å². The van der Waals surface area contributed by atoms with Crippen molar-refractivity contribution < 1.29 is 9.47 Å². The number of hydrogen-bond acceptors (Lipinski definition) is 4. The summed E-state index contributed by atoms with van der Waals surface area (Å²) in [5, 5.41) is 7.19. The molecule has 1 fully saturated rings. The van der Waals surface area contributed by atoms with E-state index in [0.29, 0.717) is 18.3 Å². The monoisotopic (exact) mass is 430 g/mol. The number of hydrogen-bond donors (Lipinski definition) is 2. The lowest BCUT2D eigenvalue weighted by Crippen LogP contribution is -2.38. The van der Waals surface area contributed by atoms with Crippen LogP contribution in [0.4, 0.5) is 0 Å². The van der Waals surface area contributed by atoms with E-state index in [-0.39, 0.29) is 6.10 Å². The van der Waals surface area contributed by atoms with Crippen molar-refractivity contribution >= 4 is 17.6 Å². The first-order valence-electron chi connectivity index (χ1n) is 10.6. The lowest BCUT2D eigenvalue weighted by molar-refractivity contribution is 0.0676. The van der Waals surface area contributed by atoms with Gasteiger partial charge in [-0.15, -0.1) is 0 Å². The van der Waals surface area contributed by atoms with Crippen LogP contribution in [0.3, 0.4) is 0 Å². The number of aryl methyl sites for hydroxylation is 1. The summed E-state index contributed by atoms with van der Waals surface area (Å²) in [4.78, 5) is 8.87. The molecule has 0 spiro atoms. The third kappa shape index (κ3) is 7.18. The molecule has 0 aliphatic carbocycles. The standard InChI is InChI=1S/C23H31ClN4O2/c1-3-25-23(26-11-10-18-7-9-22(24)27-14-18)28-15-19-8-6-17(2)13-21(19)30-16-20-5-4-12-29-20/h6-9,13-14,20H,3-5,10-12,15-16H2,1-2H3,(H2,25,26,28). The molecular formula is C23H31ClN4O2. The maximum absolute atomic E-state index is 6.09. The summed E-state index contributed by atoms with van der Waals surface area (Å²) < 4.78 is 11.8. The van der Waals surface area contributed by atoms with Crippen LogP contribution in [0.25, 0.3) is 0 Å². The van der Waals surface area contributed by atoms with Crippen molar-refractivity contribution in [1.82, 2.24) is 15.6 Å². The fourth-order valence-corrected chi connectivity index (χ4v) is 3.38. The highest BCUT2D eigenvalue weighted by atomic mass is 35.5. The van der Waals surface area contributed by atoms with E-state index >= 15 is 0 Å². The Labute approximate surface area is 184 Å². The molecule has 3 rings (SSSR count). The summed E-state index contributed by atoms with van der Waals surface area (Å²) >= 11 is 5.85. The highest BCUT2D eigenvalue weighted by molar-refractivity contribution is 6.29. The molecule has 6 nitrogen and oxygen atoms in total. The van der Waals surface area contributed by atoms with Gasteiger partial charge in [0.2, 0.25) is 0 Å². The Morgan fingerprint density at radius 3 is 2.93 bits per heavy atom. The summed E-state index contributed by atoms with van der Waals surface area (Å²) in [6.45, 7) is 7.65. The quantitative estimate of drug-likeness (QED) is 0.359. The van der Waals surface area contributed by atoms with Gasteiger partial charge in [0.25, 0.3) is 0 Å². The van der Waals surface area contributed by atoms with E-state index < -0.39 is 0 Å². The molecule has 2 N–H and O–H groups in total. The zero-order chi connectivity index (χ0) is 21.2. The van der Waals surface area contributed by atoms with E-state index in [1.165, 1.54) is 5.56 Å².